The fourth-order valence-electron chi connectivity index (χ4n) is 5.92. The lowest BCUT2D eigenvalue weighted by Crippen LogP contribution is -2.01. The smallest absolute Gasteiger partial charge is 0.0992 e. The van der Waals surface area contributed by atoms with Crippen molar-refractivity contribution in [3.05, 3.63) is 162 Å². The molecular formula is C39H25N3. The van der Waals surface area contributed by atoms with Gasteiger partial charge in [-0.25, -0.2) is 0 Å². The summed E-state index contributed by atoms with van der Waals surface area (Å²) < 4.78 is 2.35. The molecule has 0 N–H and O–H groups in total. The Morgan fingerprint density at radius 3 is 1.50 bits per heavy atom. The Bertz CT molecular complexity index is 2050. The molecule has 6 aromatic carbocycles. The van der Waals surface area contributed by atoms with E-state index in [1.807, 2.05) is 30.3 Å². The summed E-state index contributed by atoms with van der Waals surface area (Å²) in [6.45, 7) is 0. The van der Waals surface area contributed by atoms with Crippen LogP contribution >= 0.6 is 0 Å². The average molecular weight is 536 g/mol. The minimum absolute atomic E-state index is 0.500. The third-order valence-corrected chi connectivity index (χ3v) is 7.86. The lowest BCUT2D eigenvalue weighted by Gasteiger charge is -2.14. The van der Waals surface area contributed by atoms with E-state index in [9.17, 15) is 10.5 Å². The third kappa shape index (κ3) is 4.50. The van der Waals surface area contributed by atoms with Crippen LogP contribution in [0.25, 0.3) is 49.7 Å². The van der Waals surface area contributed by atoms with Crippen molar-refractivity contribution < 1.29 is 0 Å². The molecule has 0 bridgehead atoms. The van der Waals surface area contributed by atoms with Crippen molar-refractivity contribution in [3.8, 4) is 40.1 Å². The Morgan fingerprint density at radius 2 is 0.976 bits per heavy atom. The molecule has 42 heavy (non-hydrogen) atoms. The zero-order valence-electron chi connectivity index (χ0n) is 22.8. The van der Waals surface area contributed by atoms with Crippen molar-refractivity contribution in [3.63, 3.8) is 0 Å². The van der Waals surface area contributed by atoms with Crippen molar-refractivity contribution in [2.24, 2.45) is 0 Å². The van der Waals surface area contributed by atoms with Crippen molar-refractivity contribution in [1.82, 2.24) is 4.57 Å². The van der Waals surface area contributed by atoms with Crippen molar-refractivity contribution in [1.29, 1.82) is 10.5 Å². The highest BCUT2D eigenvalue weighted by molar-refractivity contribution is 6.11. The van der Waals surface area contributed by atoms with Gasteiger partial charge < -0.3 is 4.57 Å². The van der Waals surface area contributed by atoms with E-state index < -0.39 is 0 Å². The monoisotopic (exact) mass is 535 g/mol. The van der Waals surface area contributed by atoms with Gasteiger partial charge in [-0.3, -0.25) is 0 Å². The predicted octanol–water partition coefficient (Wildman–Crippen LogP) is 9.45. The molecule has 0 saturated carbocycles. The number of hydrogen-bond donors (Lipinski definition) is 0. The van der Waals surface area contributed by atoms with Crippen LogP contribution in [0.2, 0.25) is 0 Å². The van der Waals surface area contributed by atoms with Crippen LogP contribution < -0.4 is 0 Å². The number of rotatable bonds is 5. The first-order chi connectivity index (χ1) is 20.7. The van der Waals surface area contributed by atoms with Crippen LogP contribution in [0.1, 0.15) is 22.3 Å². The van der Waals surface area contributed by atoms with Crippen LogP contribution in [0.3, 0.4) is 0 Å². The predicted molar refractivity (Wildman–Crippen MR) is 170 cm³/mol. The summed E-state index contributed by atoms with van der Waals surface area (Å²) in [7, 11) is 0. The molecule has 0 radical (unpaired) electrons. The number of benzene rings is 6. The SMILES string of the molecule is N#Cc1cc(C#N)cc(Cc2ccccc2-n2c3ccc(-c4ccccc4)cc3c3cc(-c4ccccc4)ccc32)c1. The molecule has 3 heteroatoms. The topological polar surface area (TPSA) is 52.5 Å². The molecule has 0 aliphatic heterocycles. The quantitative estimate of drug-likeness (QED) is 0.220. The van der Waals surface area contributed by atoms with Gasteiger partial charge in [-0.2, -0.15) is 10.5 Å². The molecule has 0 aliphatic carbocycles. The number of hydrogen-bond acceptors (Lipinski definition) is 2. The first-order valence-electron chi connectivity index (χ1n) is 13.9. The van der Waals surface area contributed by atoms with Crippen molar-refractivity contribution >= 4 is 21.8 Å². The highest BCUT2D eigenvalue weighted by Crippen LogP contribution is 2.38. The van der Waals surface area contributed by atoms with Gasteiger partial charge in [0.05, 0.1) is 34.3 Å². The van der Waals surface area contributed by atoms with Gasteiger partial charge in [-0.15, -0.1) is 0 Å². The van der Waals surface area contributed by atoms with Crippen LogP contribution in [0.15, 0.2) is 140 Å². The summed E-state index contributed by atoms with van der Waals surface area (Å²) in [5.74, 6) is 0. The molecule has 0 atom stereocenters. The Morgan fingerprint density at radius 1 is 0.476 bits per heavy atom. The van der Waals surface area contributed by atoms with Crippen molar-refractivity contribution in [2.45, 2.75) is 6.42 Å². The van der Waals surface area contributed by atoms with Gasteiger partial charge in [-0.05, 0) is 88.3 Å². The highest BCUT2D eigenvalue weighted by atomic mass is 15.0. The van der Waals surface area contributed by atoms with E-state index in [0.717, 1.165) is 27.8 Å². The molecule has 0 unspecified atom stereocenters. The maximum absolute atomic E-state index is 9.54. The molecule has 0 spiro atoms. The van der Waals surface area contributed by atoms with Gasteiger partial charge in [0.1, 0.15) is 0 Å². The van der Waals surface area contributed by atoms with Gasteiger partial charge >= 0.3 is 0 Å². The molecule has 0 amide bonds. The number of aromatic nitrogens is 1. The molecule has 1 heterocycles. The summed E-state index contributed by atoms with van der Waals surface area (Å²) in [4.78, 5) is 0. The maximum Gasteiger partial charge on any atom is 0.0992 e. The van der Waals surface area contributed by atoms with E-state index >= 15 is 0 Å². The van der Waals surface area contributed by atoms with E-state index in [2.05, 4.69) is 120 Å². The molecule has 0 aliphatic rings. The Labute approximate surface area is 244 Å². The fraction of sp³-hybridized carbons (Fsp3) is 0.0256. The molecular weight excluding hydrogens is 510 g/mol. The molecule has 0 saturated heterocycles. The highest BCUT2D eigenvalue weighted by Gasteiger charge is 2.17. The summed E-state index contributed by atoms with van der Waals surface area (Å²) in [6.07, 6.45) is 0.603. The van der Waals surface area contributed by atoms with Crippen molar-refractivity contribution in [2.75, 3.05) is 0 Å². The van der Waals surface area contributed by atoms with E-state index in [0.29, 0.717) is 17.5 Å². The van der Waals surface area contributed by atoms with E-state index in [1.165, 1.54) is 33.0 Å². The number of fused-ring (bicyclic) bond motifs is 3. The first-order valence-corrected chi connectivity index (χ1v) is 13.9. The zero-order valence-corrected chi connectivity index (χ0v) is 22.8. The van der Waals surface area contributed by atoms with Crippen LogP contribution in [0, 0.1) is 22.7 Å². The van der Waals surface area contributed by atoms with Gasteiger partial charge in [0.25, 0.3) is 0 Å². The summed E-state index contributed by atoms with van der Waals surface area (Å²) >= 11 is 0. The summed E-state index contributed by atoms with van der Waals surface area (Å²) in [5.41, 5.74) is 11.1. The second-order valence-corrected chi connectivity index (χ2v) is 10.5. The average Bonchev–Trinajstić information content (AvgIpc) is 3.38. The molecule has 7 rings (SSSR count). The number of nitrogens with zero attached hydrogens (tertiary/aromatic N) is 3. The summed E-state index contributed by atoms with van der Waals surface area (Å²) in [5, 5.41) is 21.5. The Balaban J connectivity index is 1.46. The van der Waals surface area contributed by atoms with E-state index in [4.69, 9.17) is 0 Å². The minimum atomic E-state index is 0.500. The summed E-state index contributed by atoms with van der Waals surface area (Å²) in [6, 6.07) is 52.6. The number of para-hydroxylation sites is 1. The molecule has 7 aromatic rings. The minimum Gasteiger partial charge on any atom is -0.309 e. The Hall–Kier alpha value is -5.90. The van der Waals surface area contributed by atoms with Gasteiger partial charge in [0, 0.05) is 16.5 Å². The van der Waals surface area contributed by atoms with Crippen LogP contribution in [-0.2, 0) is 6.42 Å². The van der Waals surface area contributed by atoms with E-state index in [1.54, 1.807) is 6.07 Å². The van der Waals surface area contributed by atoms with Gasteiger partial charge in [0.15, 0.2) is 0 Å². The fourth-order valence-corrected chi connectivity index (χ4v) is 5.92. The third-order valence-electron chi connectivity index (χ3n) is 7.86. The largest absolute Gasteiger partial charge is 0.309 e. The zero-order chi connectivity index (χ0) is 28.5. The van der Waals surface area contributed by atoms with Gasteiger partial charge in [0.2, 0.25) is 0 Å². The van der Waals surface area contributed by atoms with Crippen LogP contribution in [-0.4, -0.2) is 4.57 Å². The standard InChI is InChI=1S/C39H25N3/c40-25-28-19-27(20-29(21-28)26-41)22-34-13-7-8-14-37(34)42-38-17-15-32(30-9-3-1-4-10-30)23-35(38)36-24-33(16-18-39(36)42)31-11-5-2-6-12-31/h1-21,23-24H,22H2. The maximum atomic E-state index is 9.54. The molecule has 1 aromatic heterocycles. The molecule has 0 fully saturated rings. The molecule has 3 nitrogen and oxygen atoms in total. The lowest BCUT2D eigenvalue weighted by atomic mass is 9.99. The molecule has 196 valence electrons. The Kier molecular flexibility index (Phi) is 6.32. The lowest BCUT2D eigenvalue weighted by molar-refractivity contribution is 1.09. The number of nitriles is 2. The van der Waals surface area contributed by atoms with Crippen LogP contribution in [0.4, 0.5) is 0 Å². The second-order valence-electron chi connectivity index (χ2n) is 10.5. The first kappa shape index (κ1) is 25.1. The van der Waals surface area contributed by atoms with Crippen LogP contribution in [0.5, 0.6) is 0 Å². The van der Waals surface area contributed by atoms with E-state index in [-0.39, 0.29) is 0 Å². The van der Waals surface area contributed by atoms with Gasteiger partial charge in [-0.1, -0.05) is 91.0 Å². The normalized spacial score (nSPS) is 10.9. The second kappa shape index (κ2) is 10.6.